The van der Waals surface area contributed by atoms with E-state index < -0.39 is 0 Å². The van der Waals surface area contributed by atoms with E-state index in [2.05, 4.69) is 6.58 Å². The van der Waals surface area contributed by atoms with Gasteiger partial charge >= 0.3 is 0 Å². The first-order valence-corrected chi connectivity index (χ1v) is 5.58. The van der Waals surface area contributed by atoms with Gasteiger partial charge in [-0.3, -0.25) is 4.79 Å². The molecule has 1 aliphatic carbocycles. The van der Waals surface area contributed by atoms with Crippen LogP contribution in [-0.4, -0.2) is 33.6 Å². The van der Waals surface area contributed by atoms with Crippen molar-refractivity contribution < 1.29 is 15.0 Å². The first-order valence-electron chi connectivity index (χ1n) is 5.58. The van der Waals surface area contributed by atoms with Crippen LogP contribution in [0.3, 0.4) is 0 Å². The van der Waals surface area contributed by atoms with Gasteiger partial charge in [0, 0.05) is 12.6 Å². The summed E-state index contributed by atoms with van der Waals surface area (Å²) in [7, 11) is 0. The minimum Gasteiger partial charge on any atom is -0.507 e. The Kier molecular flexibility index (Phi) is 3.04. The van der Waals surface area contributed by atoms with Crippen LogP contribution in [0.2, 0.25) is 0 Å². The lowest BCUT2D eigenvalue weighted by Gasteiger charge is -2.21. The molecule has 0 atom stereocenters. The van der Waals surface area contributed by atoms with Gasteiger partial charge < -0.3 is 15.1 Å². The molecule has 0 saturated heterocycles. The number of phenols is 2. The van der Waals surface area contributed by atoms with Crippen molar-refractivity contribution in [2.45, 2.75) is 18.9 Å². The van der Waals surface area contributed by atoms with Gasteiger partial charge in [-0.15, -0.1) is 6.58 Å². The molecule has 4 heteroatoms. The van der Waals surface area contributed by atoms with Crippen molar-refractivity contribution in [3.63, 3.8) is 0 Å². The lowest BCUT2D eigenvalue weighted by atomic mass is 10.1. The SMILES string of the molecule is C=CCN(C(=O)c1c(O)cccc1O)C1CC1. The van der Waals surface area contributed by atoms with E-state index in [0.717, 1.165) is 12.8 Å². The van der Waals surface area contributed by atoms with E-state index in [9.17, 15) is 15.0 Å². The van der Waals surface area contributed by atoms with E-state index >= 15 is 0 Å². The summed E-state index contributed by atoms with van der Waals surface area (Å²) in [6.07, 6.45) is 3.58. The number of amides is 1. The molecular formula is C13H15NO3. The molecule has 1 aromatic carbocycles. The Bertz CT molecular complexity index is 432. The van der Waals surface area contributed by atoms with E-state index in [4.69, 9.17) is 0 Å². The fourth-order valence-electron chi connectivity index (χ4n) is 1.81. The lowest BCUT2D eigenvalue weighted by Crippen LogP contribution is -2.33. The normalized spacial score (nSPS) is 14.4. The van der Waals surface area contributed by atoms with Gasteiger partial charge in [0.25, 0.3) is 5.91 Å². The van der Waals surface area contributed by atoms with Crippen LogP contribution in [0.5, 0.6) is 11.5 Å². The summed E-state index contributed by atoms with van der Waals surface area (Å²) < 4.78 is 0. The molecule has 0 radical (unpaired) electrons. The molecule has 1 amide bonds. The number of hydrogen-bond acceptors (Lipinski definition) is 3. The smallest absolute Gasteiger partial charge is 0.261 e. The molecule has 0 heterocycles. The van der Waals surface area contributed by atoms with Gasteiger partial charge in [-0.05, 0) is 25.0 Å². The first-order chi connectivity index (χ1) is 8.15. The minimum atomic E-state index is -0.344. The fourth-order valence-corrected chi connectivity index (χ4v) is 1.81. The van der Waals surface area contributed by atoms with Crippen LogP contribution in [0.4, 0.5) is 0 Å². The number of hydrogen-bond donors (Lipinski definition) is 2. The highest BCUT2D eigenvalue weighted by atomic mass is 16.3. The average molecular weight is 233 g/mol. The third kappa shape index (κ3) is 2.25. The van der Waals surface area contributed by atoms with Crippen molar-refractivity contribution in [2.75, 3.05) is 6.54 Å². The zero-order valence-electron chi connectivity index (χ0n) is 9.47. The van der Waals surface area contributed by atoms with Crippen LogP contribution in [0.1, 0.15) is 23.2 Å². The third-order valence-electron chi connectivity index (χ3n) is 2.81. The predicted octanol–water partition coefficient (Wildman–Crippen LogP) is 1.89. The molecule has 0 aromatic heterocycles. The van der Waals surface area contributed by atoms with Crippen molar-refractivity contribution >= 4 is 5.91 Å². The zero-order valence-corrected chi connectivity index (χ0v) is 9.47. The minimum absolute atomic E-state index is 0.0266. The molecule has 1 aromatic rings. The Hall–Kier alpha value is -1.97. The number of carbonyl (C=O) groups is 1. The number of carbonyl (C=O) groups excluding carboxylic acids is 1. The average Bonchev–Trinajstić information content (AvgIpc) is 3.09. The molecule has 4 nitrogen and oxygen atoms in total. The molecule has 0 aliphatic heterocycles. The summed E-state index contributed by atoms with van der Waals surface area (Å²) in [5.41, 5.74) is -0.0266. The van der Waals surface area contributed by atoms with Gasteiger partial charge in [-0.25, -0.2) is 0 Å². The maximum absolute atomic E-state index is 12.2. The van der Waals surface area contributed by atoms with Gasteiger partial charge in [0.15, 0.2) is 0 Å². The quantitative estimate of drug-likeness (QED) is 0.781. The van der Waals surface area contributed by atoms with Crippen molar-refractivity contribution in [1.29, 1.82) is 0 Å². The molecule has 1 fully saturated rings. The monoisotopic (exact) mass is 233 g/mol. The molecule has 0 unspecified atom stereocenters. The summed E-state index contributed by atoms with van der Waals surface area (Å²) in [5, 5.41) is 19.3. The molecule has 0 bridgehead atoms. The van der Waals surface area contributed by atoms with Crippen molar-refractivity contribution in [1.82, 2.24) is 4.90 Å². The Morgan fingerprint density at radius 3 is 2.47 bits per heavy atom. The molecule has 1 saturated carbocycles. The van der Waals surface area contributed by atoms with Gasteiger partial charge in [-0.2, -0.15) is 0 Å². The summed E-state index contributed by atoms with van der Waals surface area (Å²) in [5.74, 6) is -0.725. The number of rotatable bonds is 4. The van der Waals surface area contributed by atoms with E-state index in [1.807, 2.05) is 0 Å². The van der Waals surface area contributed by atoms with Gasteiger partial charge in [0.2, 0.25) is 0 Å². The van der Waals surface area contributed by atoms with Crippen LogP contribution in [0, 0.1) is 0 Å². The Morgan fingerprint density at radius 1 is 1.41 bits per heavy atom. The molecule has 17 heavy (non-hydrogen) atoms. The van der Waals surface area contributed by atoms with Crippen molar-refractivity contribution in [2.24, 2.45) is 0 Å². The summed E-state index contributed by atoms with van der Waals surface area (Å²) in [4.78, 5) is 13.8. The van der Waals surface area contributed by atoms with Crippen molar-refractivity contribution in [3.8, 4) is 11.5 Å². The highest BCUT2D eigenvalue weighted by Crippen LogP contribution is 2.33. The first kappa shape index (κ1) is 11.5. The number of aromatic hydroxyl groups is 2. The maximum Gasteiger partial charge on any atom is 0.261 e. The predicted molar refractivity (Wildman–Crippen MR) is 64.0 cm³/mol. The fraction of sp³-hybridized carbons (Fsp3) is 0.308. The number of benzene rings is 1. The van der Waals surface area contributed by atoms with Gasteiger partial charge in [0.05, 0.1) is 0 Å². The third-order valence-corrected chi connectivity index (χ3v) is 2.81. The highest BCUT2D eigenvalue weighted by molar-refractivity contribution is 5.99. The standard InChI is InChI=1S/C13H15NO3/c1-2-8-14(9-6-7-9)13(17)12-10(15)4-3-5-11(12)16/h2-5,9,15-16H,1,6-8H2. The van der Waals surface area contributed by atoms with Gasteiger partial charge in [0.1, 0.15) is 17.1 Å². The summed E-state index contributed by atoms with van der Waals surface area (Å²) >= 11 is 0. The van der Waals surface area contributed by atoms with Gasteiger partial charge in [-0.1, -0.05) is 12.1 Å². The van der Waals surface area contributed by atoms with Crippen molar-refractivity contribution in [3.05, 3.63) is 36.4 Å². The second-order valence-electron chi connectivity index (χ2n) is 4.15. The molecular weight excluding hydrogens is 218 g/mol. The molecule has 90 valence electrons. The zero-order chi connectivity index (χ0) is 12.4. The second-order valence-corrected chi connectivity index (χ2v) is 4.15. The van der Waals surface area contributed by atoms with Crippen LogP contribution < -0.4 is 0 Å². The Morgan fingerprint density at radius 2 is 2.00 bits per heavy atom. The van der Waals surface area contributed by atoms with E-state index in [0.29, 0.717) is 6.54 Å². The van der Waals surface area contributed by atoms with Crippen LogP contribution in [0.15, 0.2) is 30.9 Å². The molecule has 2 N–H and O–H groups in total. The molecule has 2 rings (SSSR count). The van der Waals surface area contributed by atoms with E-state index in [1.165, 1.54) is 18.2 Å². The molecule has 1 aliphatic rings. The molecule has 0 spiro atoms. The summed E-state index contributed by atoms with van der Waals surface area (Å²) in [6.45, 7) is 4.04. The Labute approximate surface area is 99.8 Å². The Balaban J connectivity index is 2.31. The van der Waals surface area contributed by atoms with Crippen LogP contribution >= 0.6 is 0 Å². The largest absolute Gasteiger partial charge is 0.507 e. The maximum atomic E-state index is 12.2. The lowest BCUT2D eigenvalue weighted by molar-refractivity contribution is 0.0756. The topological polar surface area (TPSA) is 60.8 Å². The highest BCUT2D eigenvalue weighted by Gasteiger charge is 2.34. The van der Waals surface area contributed by atoms with E-state index in [-0.39, 0.29) is 29.0 Å². The van der Waals surface area contributed by atoms with Crippen LogP contribution in [0.25, 0.3) is 0 Å². The van der Waals surface area contributed by atoms with Crippen LogP contribution in [-0.2, 0) is 0 Å². The number of nitrogens with zero attached hydrogens (tertiary/aromatic N) is 1. The van der Waals surface area contributed by atoms with E-state index in [1.54, 1.807) is 11.0 Å². The summed E-state index contributed by atoms with van der Waals surface area (Å²) in [6, 6.07) is 4.49. The second kappa shape index (κ2) is 4.49. The number of phenolic OH excluding ortho intramolecular Hbond substituents is 2.